The average Bonchev–Trinajstić information content (AvgIpc) is 2.37. The van der Waals surface area contributed by atoms with Crippen LogP contribution in [0.2, 0.25) is 5.15 Å². The highest BCUT2D eigenvalue weighted by molar-refractivity contribution is 6.29. The predicted molar refractivity (Wildman–Crippen MR) is 71.8 cm³/mol. The average molecular weight is 281 g/mol. The fourth-order valence-corrected chi connectivity index (χ4v) is 1.81. The minimum atomic E-state index is -0.295. The number of nitrogens with zero attached hydrogens (tertiary/aromatic N) is 2. The quantitative estimate of drug-likeness (QED) is 0.782. The van der Waals surface area contributed by atoms with Gasteiger partial charge in [0.25, 0.3) is 0 Å². The molecule has 5 heteroatoms. The molecule has 0 N–H and O–H groups in total. The molecule has 2 aromatic rings. The van der Waals surface area contributed by atoms with E-state index in [0.717, 1.165) is 12.8 Å². The van der Waals surface area contributed by atoms with Gasteiger partial charge in [-0.2, -0.15) is 4.98 Å². The third kappa shape index (κ3) is 3.89. The molecule has 0 spiro atoms. The molecule has 1 aromatic carbocycles. The van der Waals surface area contributed by atoms with Crippen LogP contribution >= 0.6 is 11.6 Å². The van der Waals surface area contributed by atoms with Crippen molar-refractivity contribution in [3.8, 4) is 5.88 Å². The Hall–Kier alpha value is -1.68. The maximum Gasteiger partial charge on any atom is 0.218 e. The zero-order valence-corrected chi connectivity index (χ0v) is 11.3. The Morgan fingerprint density at radius 2 is 2.05 bits per heavy atom. The van der Waals surface area contributed by atoms with Crippen molar-refractivity contribution in [1.29, 1.82) is 0 Å². The number of rotatable bonds is 5. The van der Waals surface area contributed by atoms with Crippen LogP contribution in [0.3, 0.4) is 0 Å². The maximum atomic E-state index is 13.4. The SMILES string of the molecule is CCCc1nc(Cl)cc(OCc2ccccc2F)n1. The van der Waals surface area contributed by atoms with Gasteiger partial charge >= 0.3 is 0 Å². The highest BCUT2D eigenvalue weighted by Gasteiger charge is 2.06. The normalized spacial score (nSPS) is 10.5. The molecule has 0 aliphatic carbocycles. The van der Waals surface area contributed by atoms with E-state index in [0.29, 0.717) is 22.4 Å². The van der Waals surface area contributed by atoms with Gasteiger partial charge in [0, 0.05) is 18.1 Å². The molecule has 0 saturated heterocycles. The summed E-state index contributed by atoms with van der Waals surface area (Å²) >= 11 is 5.89. The lowest BCUT2D eigenvalue weighted by atomic mass is 10.2. The van der Waals surface area contributed by atoms with Crippen LogP contribution in [-0.4, -0.2) is 9.97 Å². The fraction of sp³-hybridized carbons (Fsp3) is 0.286. The van der Waals surface area contributed by atoms with Crippen molar-refractivity contribution in [2.45, 2.75) is 26.4 Å². The van der Waals surface area contributed by atoms with Gasteiger partial charge < -0.3 is 4.74 Å². The van der Waals surface area contributed by atoms with Crippen LogP contribution in [0.1, 0.15) is 24.7 Å². The third-order valence-corrected chi connectivity index (χ3v) is 2.72. The highest BCUT2D eigenvalue weighted by Crippen LogP contribution is 2.17. The molecular weight excluding hydrogens is 267 g/mol. The first-order chi connectivity index (χ1) is 9.19. The molecule has 0 aliphatic heterocycles. The molecule has 100 valence electrons. The highest BCUT2D eigenvalue weighted by atomic mass is 35.5. The largest absolute Gasteiger partial charge is 0.473 e. The van der Waals surface area contributed by atoms with Crippen LogP contribution in [0.5, 0.6) is 5.88 Å². The van der Waals surface area contributed by atoms with E-state index in [1.807, 2.05) is 6.92 Å². The Balaban J connectivity index is 2.09. The van der Waals surface area contributed by atoms with Gasteiger partial charge in [-0.1, -0.05) is 36.7 Å². The second-order valence-electron chi connectivity index (χ2n) is 4.08. The standard InChI is InChI=1S/C14H14ClFN2O/c1-2-5-13-17-12(15)8-14(18-13)19-9-10-6-3-4-7-11(10)16/h3-4,6-8H,2,5,9H2,1H3. The van der Waals surface area contributed by atoms with E-state index in [1.54, 1.807) is 18.2 Å². The van der Waals surface area contributed by atoms with E-state index in [2.05, 4.69) is 9.97 Å². The first kappa shape index (κ1) is 13.7. The summed E-state index contributed by atoms with van der Waals surface area (Å²) in [7, 11) is 0. The molecule has 0 saturated carbocycles. The number of hydrogen-bond acceptors (Lipinski definition) is 3. The van der Waals surface area contributed by atoms with Crippen molar-refractivity contribution < 1.29 is 9.13 Å². The Morgan fingerprint density at radius 3 is 2.79 bits per heavy atom. The molecule has 2 rings (SSSR count). The summed E-state index contributed by atoms with van der Waals surface area (Å²) in [6, 6.07) is 8.00. The summed E-state index contributed by atoms with van der Waals surface area (Å²) in [6.07, 6.45) is 1.66. The lowest BCUT2D eigenvalue weighted by Gasteiger charge is -2.07. The molecule has 0 unspecified atom stereocenters. The summed E-state index contributed by atoms with van der Waals surface area (Å²) in [5.74, 6) is 0.710. The van der Waals surface area contributed by atoms with E-state index in [4.69, 9.17) is 16.3 Å². The van der Waals surface area contributed by atoms with Crippen LogP contribution in [0.15, 0.2) is 30.3 Å². The first-order valence-electron chi connectivity index (χ1n) is 6.08. The summed E-state index contributed by atoms with van der Waals surface area (Å²) in [5, 5.41) is 0.335. The van der Waals surface area contributed by atoms with E-state index in [-0.39, 0.29) is 12.4 Å². The summed E-state index contributed by atoms with van der Waals surface area (Å²) in [5.41, 5.74) is 0.481. The number of benzene rings is 1. The smallest absolute Gasteiger partial charge is 0.218 e. The maximum absolute atomic E-state index is 13.4. The monoisotopic (exact) mass is 280 g/mol. The number of ether oxygens (including phenoxy) is 1. The van der Waals surface area contributed by atoms with E-state index in [1.165, 1.54) is 12.1 Å². The summed E-state index contributed by atoms with van der Waals surface area (Å²) in [4.78, 5) is 8.32. The van der Waals surface area contributed by atoms with E-state index in [9.17, 15) is 4.39 Å². The molecule has 1 heterocycles. The van der Waals surface area contributed by atoms with Gasteiger partial charge in [0.1, 0.15) is 23.4 Å². The fourth-order valence-electron chi connectivity index (χ4n) is 1.62. The molecule has 1 aromatic heterocycles. The predicted octanol–water partition coefficient (Wildman–Crippen LogP) is 3.80. The zero-order chi connectivity index (χ0) is 13.7. The van der Waals surface area contributed by atoms with Crippen molar-refractivity contribution in [2.75, 3.05) is 0 Å². The van der Waals surface area contributed by atoms with Crippen molar-refractivity contribution in [2.24, 2.45) is 0 Å². The number of aryl methyl sites for hydroxylation is 1. The van der Waals surface area contributed by atoms with Gasteiger partial charge in [0.15, 0.2) is 0 Å². The molecule has 0 radical (unpaired) electrons. The van der Waals surface area contributed by atoms with Gasteiger partial charge in [-0.05, 0) is 12.5 Å². The molecule has 0 amide bonds. The molecule has 0 bridgehead atoms. The Labute approximate surface area is 116 Å². The lowest BCUT2D eigenvalue weighted by molar-refractivity contribution is 0.286. The number of hydrogen-bond donors (Lipinski definition) is 0. The molecule has 0 fully saturated rings. The van der Waals surface area contributed by atoms with Crippen LogP contribution in [0.25, 0.3) is 0 Å². The summed E-state index contributed by atoms with van der Waals surface area (Å²) < 4.78 is 18.9. The molecule has 19 heavy (non-hydrogen) atoms. The third-order valence-electron chi connectivity index (χ3n) is 2.52. The van der Waals surface area contributed by atoms with Crippen molar-refractivity contribution >= 4 is 11.6 Å². The minimum absolute atomic E-state index is 0.117. The minimum Gasteiger partial charge on any atom is -0.473 e. The molecular formula is C14H14ClFN2O. The number of halogens is 2. The second kappa shape index (κ2) is 6.48. The van der Waals surface area contributed by atoms with Gasteiger partial charge in [-0.15, -0.1) is 0 Å². The van der Waals surface area contributed by atoms with Crippen LogP contribution < -0.4 is 4.74 Å². The van der Waals surface area contributed by atoms with Crippen molar-refractivity contribution in [1.82, 2.24) is 9.97 Å². The van der Waals surface area contributed by atoms with Gasteiger partial charge in [0.2, 0.25) is 5.88 Å². The van der Waals surface area contributed by atoms with Crippen LogP contribution in [0.4, 0.5) is 4.39 Å². The zero-order valence-electron chi connectivity index (χ0n) is 10.6. The van der Waals surface area contributed by atoms with Crippen molar-refractivity contribution in [3.63, 3.8) is 0 Å². The Bertz CT molecular complexity index is 563. The van der Waals surface area contributed by atoms with Gasteiger partial charge in [-0.3, -0.25) is 0 Å². The van der Waals surface area contributed by atoms with Crippen LogP contribution in [-0.2, 0) is 13.0 Å². The Morgan fingerprint density at radius 1 is 1.26 bits per heavy atom. The second-order valence-corrected chi connectivity index (χ2v) is 4.46. The molecule has 0 atom stereocenters. The van der Waals surface area contributed by atoms with Crippen LogP contribution in [0, 0.1) is 5.82 Å². The van der Waals surface area contributed by atoms with Crippen molar-refractivity contribution in [3.05, 3.63) is 52.7 Å². The molecule has 3 nitrogen and oxygen atoms in total. The lowest BCUT2D eigenvalue weighted by Crippen LogP contribution is -2.02. The van der Waals surface area contributed by atoms with Gasteiger partial charge in [-0.25, -0.2) is 9.37 Å². The van der Waals surface area contributed by atoms with E-state index < -0.39 is 0 Å². The van der Waals surface area contributed by atoms with E-state index >= 15 is 0 Å². The molecule has 0 aliphatic rings. The number of aromatic nitrogens is 2. The first-order valence-corrected chi connectivity index (χ1v) is 6.46. The topological polar surface area (TPSA) is 35.0 Å². The summed E-state index contributed by atoms with van der Waals surface area (Å²) in [6.45, 7) is 2.15. The Kier molecular flexibility index (Phi) is 4.68. The van der Waals surface area contributed by atoms with Gasteiger partial charge in [0.05, 0.1) is 0 Å².